The number of non-ortho nitro benzene ring substituents is 1. The number of hydrogen-bond donors (Lipinski definition) is 2. The highest BCUT2D eigenvalue weighted by molar-refractivity contribution is 5.83. The van der Waals surface area contributed by atoms with Gasteiger partial charge < -0.3 is 14.9 Å². The van der Waals surface area contributed by atoms with Gasteiger partial charge in [0.2, 0.25) is 0 Å². The molecule has 0 radical (unpaired) electrons. The number of nitro groups is 1. The molecule has 0 unspecified atom stereocenters. The number of aromatic nitrogens is 3. The standard InChI is InChI=1S/C10H12N4O5/c15-4-5-19-9(6-16)13-7-2-1-3-8(14(17)18)10(7)11-12-13/h1-3,9,15-16H,4-6H2/t9-/m1/s1. The second-order valence-corrected chi connectivity index (χ2v) is 3.67. The molecule has 0 fully saturated rings. The van der Waals surface area contributed by atoms with Crippen LogP contribution in [-0.4, -0.2) is 50.0 Å². The summed E-state index contributed by atoms with van der Waals surface area (Å²) in [6.07, 6.45) is -0.848. The third-order valence-electron chi connectivity index (χ3n) is 2.51. The van der Waals surface area contributed by atoms with Crippen molar-refractivity contribution in [2.24, 2.45) is 0 Å². The van der Waals surface area contributed by atoms with Gasteiger partial charge in [0.05, 0.1) is 30.3 Å². The summed E-state index contributed by atoms with van der Waals surface area (Å²) >= 11 is 0. The smallest absolute Gasteiger partial charge is 0.299 e. The summed E-state index contributed by atoms with van der Waals surface area (Å²) in [5, 5.41) is 36.3. The van der Waals surface area contributed by atoms with Crippen molar-refractivity contribution in [1.29, 1.82) is 0 Å². The van der Waals surface area contributed by atoms with E-state index in [1.54, 1.807) is 6.07 Å². The summed E-state index contributed by atoms with van der Waals surface area (Å²) < 4.78 is 6.43. The Morgan fingerprint density at radius 3 is 2.89 bits per heavy atom. The Balaban J connectivity index is 2.44. The van der Waals surface area contributed by atoms with Crippen molar-refractivity contribution in [2.75, 3.05) is 19.8 Å². The lowest BCUT2D eigenvalue weighted by Crippen LogP contribution is -2.19. The molecule has 2 N–H and O–H groups in total. The minimum atomic E-state index is -0.848. The van der Waals surface area contributed by atoms with Gasteiger partial charge in [-0.15, -0.1) is 5.10 Å². The molecule has 0 saturated heterocycles. The normalized spacial score (nSPS) is 12.7. The van der Waals surface area contributed by atoms with Gasteiger partial charge in [-0.05, 0) is 6.07 Å². The van der Waals surface area contributed by atoms with Gasteiger partial charge in [0.15, 0.2) is 11.7 Å². The summed E-state index contributed by atoms with van der Waals surface area (Å²) in [4.78, 5) is 10.3. The van der Waals surface area contributed by atoms with E-state index in [0.29, 0.717) is 5.52 Å². The molecule has 9 nitrogen and oxygen atoms in total. The number of aliphatic hydroxyl groups excluding tert-OH is 2. The molecule has 1 aromatic heterocycles. The van der Waals surface area contributed by atoms with Crippen molar-refractivity contribution in [3.05, 3.63) is 28.3 Å². The zero-order valence-electron chi connectivity index (χ0n) is 9.84. The van der Waals surface area contributed by atoms with Crippen LogP contribution in [0.3, 0.4) is 0 Å². The topological polar surface area (TPSA) is 124 Å². The van der Waals surface area contributed by atoms with Gasteiger partial charge in [0.1, 0.15) is 0 Å². The van der Waals surface area contributed by atoms with E-state index in [2.05, 4.69) is 10.3 Å². The maximum atomic E-state index is 10.9. The Bertz CT molecular complexity index is 584. The first-order chi connectivity index (χ1) is 9.19. The van der Waals surface area contributed by atoms with Gasteiger partial charge in [-0.3, -0.25) is 10.1 Å². The number of hydrogen-bond acceptors (Lipinski definition) is 7. The number of rotatable bonds is 6. The van der Waals surface area contributed by atoms with Crippen LogP contribution in [0, 0.1) is 10.1 Å². The second kappa shape index (κ2) is 5.69. The first kappa shape index (κ1) is 13.3. The van der Waals surface area contributed by atoms with E-state index in [1.807, 2.05) is 0 Å². The quantitative estimate of drug-likeness (QED) is 0.551. The number of benzene rings is 1. The zero-order chi connectivity index (χ0) is 13.8. The van der Waals surface area contributed by atoms with Crippen molar-refractivity contribution in [3.8, 4) is 0 Å². The Morgan fingerprint density at radius 1 is 1.47 bits per heavy atom. The van der Waals surface area contributed by atoms with Crippen LogP contribution in [0.2, 0.25) is 0 Å². The van der Waals surface area contributed by atoms with Gasteiger partial charge in [-0.1, -0.05) is 11.3 Å². The number of fused-ring (bicyclic) bond motifs is 1. The molecule has 0 aliphatic carbocycles. The molecular weight excluding hydrogens is 256 g/mol. The lowest BCUT2D eigenvalue weighted by atomic mass is 10.2. The van der Waals surface area contributed by atoms with E-state index in [-0.39, 0.29) is 31.0 Å². The van der Waals surface area contributed by atoms with Gasteiger partial charge in [-0.2, -0.15) is 0 Å². The summed E-state index contributed by atoms with van der Waals surface area (Å²) in [6, 6.07) is 4.41. The van der Waals surface area contributed by atoms with Gasteiger partial charge >= 0.3 is 0 Å². The third kappa shape index (κ3) is 2.52. The fourth-order valence-electron chi connectivity index (χ4n) is 1.70. The summed E-state index contributed by atoms with van der Waals surface area (Å²) in [7, 11) is 0. The third-order valence-corrected chi connectivity index (χ3v) is 2.51. The average Bonchev–Trinajstić information content (AvgIpc) is 2.83. The molecule has 1 aromatic carbocycles. The van der Waals surface area contributed by atoms with Crippen LogP contribution in [0.15, 0.2) is 18.2 Å². The number of aliphatic hydroxyl groups is 2. The van der Waals surface area contributed by atoms with Crippen molar-refractivity contribution in [3.63, 3.8) is 0 Å². The molecule has 0 bridgehead atoms. The van der Waals surface area contributed by atoms with Crippen LogP contribution < -0.4 is 0 Å². The van der Waals surface area contributed by atoms with Crippen molar-refractivity contribution in [1.82, 2.24) is 15.0 Å². The first-order valence-electron chi connectivity index (χ1n) is 5.50. The second-order valence-electron chi connectivity index (χ2n) is 3.67. The Hall–Kier alpha value is -2.10. The molecule has 2 rings (SSSR count). The SMILES string of the molecule is O=[N+]([O-])c1cccc2c1nnn2[C@@H](CO)OCCO. The predicted molar refractivity (Wildman–Crippen MR) is 63.3 cm³/mol. The van der Waals surface area contributed by atoms with E-state index in [1.165, 1.54) is 16.8 Å². The molecule has 102 valence electrons. The van der Waals surface area contributed by atoms with Gasteiger partial charge in [0, 0.05) is 6.07 Å². The lowest BCUT2D eigenvalue weighted by Gasteiger charge is -2.15. The highest BCUT2D eigenvalue weighted by atomic mass is 16.6. The van der Waals surface area contributed by atoms with E-state index < -0.39 is 11.2 Å². The van der Waals surface area contributed by atoms with Gasteiger partial charge in [-0.25, -0.2) is 4.68 Å². The average molecular weight is 268 g/mol. The molecule has 0 saturated carbocycles. The molecule has 0 aliphatic rings. The van der Waals surface area contributed by atoms with E-state index in [0.717, 1.165) is 0 Å². The molecular formula is C10H12N4O5. The maximum absolute atomic E-state index is 10.9. The van der Waals surface area contributed by atoms with Gasteiger partial charge in [0.25, 0.3) is 5.69 Å². The molecule has 1 atom stereocenters. The molecule has 0 amide bonds. The van der Waals surface area contributed by atoms with E-state index >= 15 is 0 Å². The largest absolute Gasteiger partial charge is 0.394 e. The fraction of sp³-hybridized carbons (Fsp3) is 0.400. The molecule has 9 heteroatoms. The van der Waals surface area contributed by atoms with Crippen LogP contribution in [0.5, 0.6) is 0 Å². The lowest BCUT2D eigenvalue weighted by molar-refractivity contribution is -0.383. The molecule has 2 aromatic rings. The van der Waals surface area contributed by atoms with Crippen molar-refractivity contribution < 1.29 is 19.9 Å². The number of nitro benzene ring substituents is 1. The van der Waals surface area contributed by atoms with Crippen molar-refractivity contribution in [2.45, 2.75) is 6.23 Å². The summed E-state index contributed by atoms with van der Waals surface area (Å²) in [6.45, 7) is -0.577. The molecule has 1 heterocycles. The Morgan fingerprint density at radius 2 is 2.26 bits per heavy atom. The van der Waals surface area contributed by atoms with E-state index in [9.17, 15) is 15.2 Å². The minimum absolute atomic E-state index is 0.0154. The Labute approximate surface area is 107 Å². The van der Waals surface area contributed by atoms with Crippen LogP contribution in [0.1, 0.15) is 6.23 Å². The zero-order valence-corrected chi connectivity index (χ0v) is 9.84. The molecule has 0 spiro atoms. The highest BCUT2D eigenvalue weighted by Crippen LogP contribution is 2.24. The fourth-order valence-corrected chi connectivity index (χ4v) is 1.70. The minimum Gasteiger partial charge on any atom is -0.394 e. The molecule has 0 aliphatic heterocycles. The summed E-state index contributed by atoms with van der Waals surface area (Å²) in [5.74, 6) is 0. The Kier molecular flexibility index (Phi) is 4.00. The van der Waals surface area contributed by atoms with Crippen molar-refractivity contribution >= 4 is 16.7 Å². The number of nitrogens with zero attached hydrogens (tertiary/aromatic N) is 4. The highest BCUT2D eigenvalue weighted by Gasteiger charge is 2.21. The molecule has 19 heavy (non-hydrogen) atoms. The van der Waals surface area contributed by atoms with E-state index in [4.69, 9.17) is 9.84 Å². The maximum Gasteiger partial charge on any atom is 0.299 e. The summed E-state index contributed by atoms with van der Waals surface area (Å²) in [5.41, 5.74) is 0.340. The first-order valence-corrected chi connectivity index (χ1v) is 5.50. The van der Waals surface area contributed by atoms with Crippen LogP contribution in [0.25, 0.3) is 11.0 Å². The predicted octanol–water partition coefficient (Wildman–Crippen LogP) is -0.161. The van der Waals surface area contributed by atoms with Crippen LogP contribution in [0.4, 0.5) is 5.69 Å². The van der Waals surface area contributed by atoms with Crippen LogP contribution in [-0.2, 0) is 4.74 Å². The van der Waals surface area contributed by atoms with Crippen LogP contribution >= 0.6 is 0 Å². The number of ether oxygens (including phenoxy) is 1. The monoisotopic (exact) mass is 268 g/mol.